The minimum atomic E-state index is -0.576. The fourth-order valence-electron chi connectivity index (χ4n) is 3.16. The van der Waals surface area contributed by atoms with Crippen LogP contribution >= 0.6 is 11.3 Å². The number of fused-ring (bicyclic) bond motifs is 1. The fourth-order valence-corrected chi connectivity index (χ4v) is 4.23. The van der Waals surface area contributed by atoms with Gasteiger partial charge in [0.25, 0.3) is 0 Å². The molecule has 0 spiro atoms. The van der Waals surface area contributed by atoms with Crippen LogP contribution in [0.15, 0.2) is 54.6 Å². The number of para-hydroxylation sites is 1. The van der Waals surface area contributed by atoms with E-state index >= 15 is 0 Å². The molecular formula is C23H27N3O2S. The van der Waals surface area contributed by atoms with E-state index in [1.807, 2.05) is 75.4 Å². The number of carbonyl (C=O) groups excluding carboxylic acids is 2. The molecule has 152 valence electrons. The maximum absolute atomic E-state index is 13.2. The quantitative estimate of drug-likeness (QED) is 0.636. The monoisotopic (exact) mass is 409 g/mol. The SMILES string of the molecule is CC(C)[C@H](NC(=O)Cc1ccccc1)C(=O)N(C)[C@H](C)c1nc2ccccc2s1. The molecule has 0 radical (unpaired) electrons. The molecule has 2 aromatic carbocycles. The lowest BCUT2D eigenvalue weighted by Gasteiger charge is -2.30. The second kappa shape index (κ2) is 9.18. The van der Waals surface area contributed by atoms with Crippen molar-refractivity contribution in [2.45, 2.75) is 39.3 Å². The standard InChI is InChI=1S/C23H27N3O2S/c1-15(2)21(25-20(27)14-17-10-6-5-7-11-17)23(28)26(4)16(3)22-24-18-12-8-9-13-19(18)29-22/h5-13,15-16,21H,14H2,1-4H3,(H,25,27)/t16-,21+/m1/s1. The van der Waals surface area contributed by atoms with Crippen molar-refractivity contribution in [3.05, 3.63) is 65.2 Å². The molecular weight excluding hydrogens is 382 g/mol. The Hall–Kier alpha value is -2.73. The van der Waals surface area contributed by atoms with Crippen molar-refractivity contribution < 1.29 is 9.59 Å². The molecule has 0 unspecified atom stereocenters. The van der Waals surface area contributed by atoms with Crippen molar-refractivity contribution in [3.8, 4) is 0 Å². The summed E-state index contributed by atoms with van der Waals surface area (Å²) in [6, 6.07) is 16.8. The number of carbonyl (C=O) groups is 2. The highest BCUT2D eigenvalue weighted by molar-refractivity contribution is 7.18. The van der Waals surface area contributed by atoms with Gasteiger partial charge in [0.05, 0.1) is 22.7 Å². The van der Waals surface area contributed by atoms with E-state index in [1.165, 1.54) is 0 Å². The molecule has 0 bridgehead atoms. The Morgan fingerprint density at radius 1 is 1.03 bits per heavy atom. The van der Waals surface area contributed by atoms with Gasteiger partial charge in [-0.25, -0.2) is 4.98 Å². The van der Waals surface area contributed by atoms with Gasteiger partial charge < -0.3 is 10.2 Å². The number of hydrogen-bond acceptors (Lipinski definition) is 4. The number of hydrogen-bond donors (Lipinski definition) is 1. The van der Waals surface area contributed by atoms with Gasteiger partial charge in [-0.05, 0) is 30.5 Å². The summed E-state index contributed by atoms with van der Waals surface area (Å²) in [5.74, 6) is -0.273. The Balaban J connectivity index is 1.71. The van der Waals surface area contributed by atoms with Gasteiger partial charge in [0, 0.05) is 7.05 Å². The van der Waals surface area contributed by atoms with Crippen LogP contribution in [-0.4, -0.2) is 34.8 Å². The predicted molar refractivity (Wildman–Crippen MR) is 118 cm³/mol. The molecule has 1 N–H and O–H groups in total. The van der Waals surface area contributed by atoms with Crippen LogP contribution in [0.3, 0.4) is 0 Å². The molecule has 0 aliphatic rings. The van der Waals surface area contributed by atoms with Crippen LogP contribution in [0.1, 0.15) is 37.4 Å². The molecule has 2 amide bonds. The summed E-state index contributed by atoms with van der Waals surface area (Å²) in [7, 11) is 1.78. The Bertz CT molecular complexity index is 951. The average molecular weight is 410 g/mol. The molecule has 0 aliphatic heterocycles. The maximum Gasteiger partial charge on any atom is 0.245 e. The second-order valence-electron chi connectivity index (χ2n) is 7.60. The molecule has 5 nitrogen and oxygen atoms in total. The van der Waals surface area contributed by atoms with Crippen LogP contribution in [-0.2, 0) is 16.0 Å². The summed E-state index contributed by atoms with van der Waals surface area (Å²) in [6.07, 6.45) is 0.258. The number of rotatable bonds is 7. The summed E-state index contributed by atoms with van der Waals surface area (Å²) in [5.41, 5.74) is 1.87. The third kappa shape index (κ3) is 5.01. The zero-order valence-corrected chi connectivity index (χ0v) is 18.1. The smallest absolute Gasteiger partial charge is 0.245 e. The molecule has 0 fully saturated rings. The van der Waals surface area contributed by atoms with Gasteiger partial charge in [-0.15, -0.1) is 11.3 Å². The van der Waals surface area contributed by atoms with Crippen LogP contribution in [0.5, 0.6) is 0 Å². The maximum atomic E-state index is 13.2. The number of likely N-dealkylation sites (N-methyl/N-ethyl adjacent to an activating group) is 1. The molecule has 0 saturated carbocycles. The van der Waals surface area contributed by atoms with Crippen molar-refractivity contribution in [2.24, 2.45) is 5.92 Å². The summed E-state index contributed by atoms with van der Waals surface area (Å²) in [6.45, 7) is 5.86. The van der Waals surface area contributed by atoms with Gasteiger partial charge in [-0.2, -0.15) is 0 Å². The Kier molecular flexibility index (Phi) is 6.64. The van der Waals surface area contributed by atoms with E-state index in [0.717, 1.165) is 20.8 Å². The third-order valence-corrected chi connectivity index (χ3v) is 6.26. The molecule has 3 aromatic rings. The van der Waals surface area contributed by atoms with Gasteiger partial charge in [0.1, 0.15) is 11.0 Å². The first-order valence-corrected chi connectivity index (χ1v) is 10.6. The first-order chi connectivity index (χ1) is 13.9. The van der Waals surface area contributed by atoms with E-state index in [2.05, 4.69) is 10.3 Å². The predicted octanol–water partition coefficient (Wildman–Crippen LogP) is 4.20. The first-order valence-electron chi connectivity index (χ1n) is 9.82. The molecule has 0 saturated heterocycles. The minimum Gasteiger partial charge on any atom is -0.344 e. The largest absolute Gasteiger partial charge is 0.344 e. The van der Waals surface area contributed by atoms with Gasteiger partial charge in [0.15, 0.2) is 0 Å². The van der Waals surface area contributed by atoms with Crippen LogP contribution in [0.25, 0.3) is 10.2 Å². The van der Waals surface area contributed by atoms with Gasteiger partial charge in [0.2, 0.25) is 11.8 Å². The first kappa shape index (κ1) is 21.0. The van der Waals surface area contributed by atoms with Crippen LogP contribution < -0.4 is 5.32 Å². The number of amides is 2. The Labute approximate surface area is 175 Å². The van der Waals surface area contributed by atoms with Crippen LogP contribution in [0, 0.1) is 5.92 Å². The number of benzene rings is 2. The van der Waals surface area contributed by atoms with E-state index < -0.39 is 6.04 Å². The summed E-state index contributed by atoms with van der Waals surface area (Å²) in [5, 5.41) is 3.82. The van der Waals surface area contributed by atoms with E-state index in [0.29, 0.717) is 0 Å². The van der Waals surface area contributed by atoms with Crippen LogP contribution in [0.2, 0.25) is 0 Å². The molecule has 29 heavy (non-hydrogen) atoms. The summed E-state index contributed by atoms with van der Waals surface area (Å²) >= 11 is 1.59. The second-order valence-corrected chi connectivity index (χ2v) is 8.66. The summed E-state index contributed by atoms with van der Waals surface area (Å²) in [4.78, 5) is 32.1. The topological polar surface area (TPSA) is 62.3 Å². The van der Waals surface area contributed by atoms with Gasteiger partial charge in [-0.3, -0.25) is 9.59 Å². The van der Waals surface area contributed by atoms with E-state index in [9.17, 15) is 9.59 Å². The van der Waals surface area contributed by atoms with Crippen molar-refractivity contribution in [1.29, 1.82) is 0 Å². The lowest BCUT2D eigenvalue weighted by Crippen LogP contribution is -2.51. The number of nitrogens with one attached hydrogen (secondary N) is 1. The normalized spacial score (nSPS) is 13.3. The Morgan fingerprint density at radius 2 is 1.69 bits per heavy atom. The highest BCUT2D eigenvalue weighted by Crippen LogP contribution is 2.29. The highest BCUT2D eigenvalue weighted by atomic mass is 32.1. The number of aromatic nitrogens is 1. The molecule has 2 atom stereocenters. The molecule has 1 heterocycles. The number of thiazole rings is 1. The van der Waals surface area contributed by atoms with Gasteiger partial charge >= 0.3 is 0 Å². The zero-order chi connectivity index (χ0) is 21.0. The van der Waals surface area contributed by atoms with Crippen LogP contribution in [0.4, 0.5) is 0 Å². The average Bonchev–Trinajstić information content (AvgIpc) is 3.15. The van der Waals surface area contributed by atoms with Crippen molar-refractivity contribution in [2.75, 3.05) is 7.05 Å². The van der Waals surface area contributed by atoms with Crippen molar-refractivity contribution in [1.82, 2.24) is 15.2 Å². The van der Waals surface area contributed by atoms with E-state index in [-0.39, 0.29) is 30.2 Å². The fraction of sp³-hybridized carbons (Fsp3) is 0.348. The van der Waals surface area contributed by atoms with Crippen molar-refractivity contribution in [3.63, 3.8) is 0 Å². The lowest BCUT2D eigenvalue weighted by atomic mass is 10.0. The number of nitrogens with zero attached hydrogens (tertiary/aromatic N) is 2. The van der Waals surface area contributed by atoms with Crippen molar-refractivity contribution >= 4 is 33.4 Å². The minimum absolute atomic E-state index is 0.0211. The zero-order valence-electron chi connectivity index (χ0n) is 17.3. The molecule has 6 heteroatoms. The van der Waals surface area contributed by atoms with Gasteiger partial charge in [-0.1, -0.05) is 56.3 Å². The highest BCUT2D eigenvalue weighted by Gasteiger charge is 2.30. The van der Waals surface area contributed by atoms with E-state index in [4.69, 9.17) is 0 Å². The Morgan fingerprint density at radius 3 is 2.34 bits per heavy atom. The molecule has 1 aromatic heterocycles. The molecule has 3 rings (SSSR count). The lowest BCUT2D eigenvalue weighted by molar-refractivity contribution is -0.138. The van der Waals surface area contributed by atoms with E-state index in [1.54, 1.807) is 23.3 Å². The third-order valence-electron chi connectivity index (χ3n) is 5.05. The summed E-state index contributed by atoms with van der Waals surface area (Å²) < 4.78 is 1.10. The molecule has 0 aliphatic carbocycles.